The van der Waals surface area contributed by atoms with Gasteiger partial charge in [0.25, 0.3) is 0 Å². The van der Waals surface area contributed by atoms with Gasteiger partial charge in [0, 0.05) is 15.0 Å². The third kappa shape index (κ3) is 3.40. The van der Waals surface area contributed by atoms with Crippen molar-refractivity contribution in [3.05, 3.63) is 68.4 Å². The van der Waals surface area contributed by atoms with Crippen molar-refractivity contribution in [2.45, 2.75) is 12.5 Å². The lowest BCUT2D eigenvalue weighted by atomic mass is 9.99. The number of nitrogens with two attached hydrogens (primary N) is 1. The normalized spacial score (nSPS) is 12.4. The Bertz CT molecular complexity index is 540. The second kappa shape index (κ2) is 5.95. The molecule has 0 aliphatic carbocycles. The zero-order chi connectivity index (χ0) is 13.1. The Hall–Kier alpha value is -0.710. The quantitative estimate of drug-likeness (QED) is 0.837. The van der Waals surface area contributed by atoms with Crippen LogP contribution in [0.5, 0.6) is 0 Å². The van der Waals surface area contributed by atoms with Crippen molar-refractivity contribution in [1.29, 1.82) is 0 Å². The predicted octanol–water partition coefficient (Wildman–Crippen LogP) is 4.59. The van der Waals surface area contributed by atoms with E-state index in [1.807, 2.05) is 30.3 Å². The summed E-state index contributed by atoms with van der Waals surface area (Å²) >= 11 is 6.61. The van der Waals surface area contributed by atoms with E-state index in [1.54, 1.807) is 6.07 Å². The van der Waals surface area contributed by atoms with Crippen LogP contribution in [-0.4, -0.2) is 0 Å². The zero-order valence-corrected chi connectivity index (χ0v) is 12.7. The Morgan fingerprint density at radius 3 is 2.22 bits per heavy atom. The van der Waals surface area contributed by atoms with Crippen LogP contribution < -0.4 is 5.73 Å². The third-order valence-electron chi connectivity index (χ3n) is 2.75. The maximum absolute atomic E-state index is 13.7. The summed E-state index contributed by atoms with van der Waals surface area (Å²) in [6.45, 7) is 0. The molecule has 0 heterocycles. The van der Waals surface area contributed by atoms with Crippen LogP contribution in [0.15, 0.2) is 51.4 Å². The fraction of sp³-hybridized carbons (Fsp3) is 0.143. The van der Waals surface area contributed by atoms with Crippen molar-refractivity contribution >= 4 is 31.9 Å². The Morgan fingerprint density at radius 1 is 1.00 bits per heavy atom. The number of hydrogen-bond acceptors (Lipinski definition) is 1. The molecule has 0 spiro atoms. The molecule has 0 radical (unpaired) electrons. The zero-order valence-electron chi connectivity index (χ0n) is 9.54. The molecule has 0 fully saturated rings. The van der Waals surface area contributed by atoms with Gasteiger partial charge in [-0.3, -0.25) is 0 Å². The molecule has 0 aliphatic rings. The average Bonchev–Trinajstić information content (AvgIpc) is 2.33. The monoisotopic (exact) mass is 371 g/mol. The summed E-state index contributed by atoms with van der Waals surface area (Å²) in [6, 6.07) is 12.6. The average molecular weight is 373 g/mol. The minimum absolute atomic E-state index is 0.200. The van der Waals surface area contributed by atoms with Crippen molar-refractivity contribution in [2.24, 2.45) is 5.73 Å². The van der Waals surface area contributed by atoms with E-state index >= 15 is 0 Å². The summed E-state index contributed by atoms with van der Waals surface area (Å²) in [5.41, 5.74) is 7.72. The van der Waals surface area contributed by atoms with E-state index in [0.717, 1.165) is 14.5 Å². The first-order chi connectivity index (χ1) is 8.56. The van der Waals surface area contributed by atoms with E-state index in [2.05, 4.69) is 31.9 Å². The van der Waals surface area contributed by atoms with Gasteiger partial charge in [0.1, 0.15) is 5.82 Å². The Kier molecular flexibility index (Phi) is 4.54. The van der Waals surface area contributed by atoms with Crippen LogP contribution in [0.4, 0.5) is 4.39 Å². The van der Waals surface area contributed by atoms with E-state index in [-0.39, 0.29) is 11.9 Å². The topological polar surface area (TPSA) is 26.0 Å². The fourth-order valence-corrected chi connectivity index (χ4v) is 2.35. The smallest absolute Gasteiger partial charge is 0.127 e. The van der Waals surface area contributed by atoms with Gasteiger partial charge in [0.15, 0.2) is 0 Å². The summed E-state index contributed by atoms with van der Waals surface area (Å²) in [5, 5.41) is 0. The van der Waals surface area contributed by atoms with Crippen LogP contribution in [0.1, 0.15) is 17.2 Å². The SMILES string of the molecule is NC(Cc1ccc(Br)cc1F)c1ccc(Br)cc1. The van der Waals surface area contributed by atoms with Crippen LogP contribution in [0.3, 0.4) is 0 Å². The molecule has 0 amide bonds. The highest BCUT2D eigenvalue weighted by molar-refractivity contribution is 9.10. The van der Waals surface area contributed by atoms with E-state index in [0.29, 0.717) is 12.0 Å². The maximum Gasteiger partial charge on any atom is 0.127 e. The molecule has 2 rings (SSSR count). The van der Waals surface area contributed by atoms with Crippen molar-refractivity contribution in [3.63, 3.8) is 0 Å². The summed E-state index contributed by atoms with van der Waals surface area (Å²) in [4.78, 5) is 0. The van der Waals surface area contributed by atoms with Gasteiger partial charge in [-0.2, -0.15) is 0 Å². The minimum Gasteiger partial charge on any atom is -0.324 e. The lowest BCUT2D eigenvalue weighted by molar-refractivity contribution is 0.592. The molecular formula is C14H12Br2FN. The first-order valence-corrected chi connectivity index (χ1v) is 7.10. The lowest BCUT2D eigenvalue weighted by Crippen LogP contribution is -2.14. The highest BCUT2D eigenvalue weighted by Gasteiger charge is 2.10. The second-order valence-electron chi connectivity index (χ2n) is 4.10. The molecule has 0 saturated carbocycles. The molecular weight excluding hydrogens is 361 g/mol. The maximum atomic E-state index is 13.7. The van der Waals surface area contributed by atoms with E-state index in [9.17, 15) is 4.39 Å². The molecule has 18 heavy (non-hydrogen) atoms. The van der Waals surface area contributed by atoms with Gasteiger partial charge in [-0.25, -0.2) is 4.39 Å². The summed E-state index contributed by atoms with van der Waals surface area (Å²) in [5.74, 6) is -0.225. The molecule has 1 unspecified atom stereocenters. The van der Waals surface area contributed by atoms with E-state index < -0.39 is 0 Å². The first kappa shape index (κ1) is 13.7. The Labute approximate surface area is 122 Å². The Balaban J connectivity index is 2.15. The Morgan fingerprint density at radius 2 is 1.61 bits per heavy atom. The van der Waals surface area contributed by atoms with E-state index in [1.165, 1.54) is 6.07 Å². The highest BCUT2D eigenvalue weighted by Crippen LogP contribution is 2.22. The molecule has 0 aliphatic heterocycles. The van der Waals surface area contributed by atoms with Crippen LogP contribution >= 0.6 is 31.9 Å². The molecule has 2 aromatic rings. The molecule has 1 atom stereocenters. The van der Waals surface area contributed by atoms with Crippen molar-refractivity contribution in [3.8, 4) is 0 Å². The largest absolute Gasteiger partial charge is 0.324 e. The van der Waals surface area contributed by atoms with Crippen LogP contribution in [0.2, 0.25) is 0 Å². The molecule has 0 aromatic heterocycles. The van der Waals surface area contributed by atoms with Crippen molar-refractivity contribution < 1.29 is 4.39 Å². The molecule has 0 bridgehead atoms. The lowest BCUT2D eigenvalue weighted by Gasteiger charge is -2.13. The molecule has 4 heteroatoms. The first-order valence-electron chi connectivity index (χ1n) is 5.51. The number of halogens is 3. The van der Waals surface area contributed by atoms with Gasteiger partial charge in [-0.15, -0.1) is 0 Å². The van der Waals surface area contributed by atoms with Gasteiger partial charge in [-0.05, 0) is 41.8 Å². The number of hydrogen-bond donors (Lipinski definition) is 1. The van der Waals surface area contributed by atoms with Gasteiger partial charge in [0.05, 0.1) is 0 Å². The van der Waals surface area contributed by atoms with Crippen molar-refractivity contribution in [1.82, 2.24) is 0 Å². The van der Waals surface area contributed by atoms with E-state index in [4.69, 9.17) is 5.73 Å². The standard InChI is InChI=1S/C14H12Br2FN/c15-11-4-1-9(2-5-11)14(18)7-10-3-6-12(16)8-13(10)17/h1-6,8,14H,7,18H2. The van der Waals surface area contributed by atoms with Crippen LogP contribution in [-0.2, 0) is 6.42 Å². The number of benzene rings is 2. The fourth-order valence-electron chi connectivity index (χ4n) is 1.75. The predicted molar refractivity (Wildman–Crippen MR) is 78.9 cm³/mol. The summed E-state index contributed by atoms with van der Waals surface area (Å²) < 4.78 is 15.4. The molecule has 94 valence electrons. The third-order valence-corrected chi connectivity index (χ3v) is 3.78. The molecule has 0 saturated heterocycles. The minimum atomic E-state index is -0.225. The highest BCUT2D eigenvalue weighted by atomic mass is 79.9. The molecule has 2 N–H and O–H groups in total. The second-order valence-corrected chi connectivity index (χ2v) is 5.93. The summed E-state index contributed by atoms with van der Waals surface area (Å²) in [7, 11) is 0. The van der Waals surface area contributed by atoms with Crippen molar-refractivity contribution in [2.75, 3.05) is 0 Å². The summed E-state index contributed by atoms with van der Waals surface area (Å²) in [6.07, 6.45) is 0.487. The van der Waals surface area contributed by atoms with Crippen LogP contribution in [0.25, 0.3) is 0 Å². The van der Waals surface area contributed by atoms with Gasteiger partial charge in [-0.1, -0.05) is 50.1 Å². The van der Waals surface area contributed by atoms with Gasteiger partial charge in [0.2, 0.25) is 0 Å². The molecule has 1 nitrogen and oxygen atoms in total. The number of rotatable bonds is 3. The molecule has 2 aromatic carbocycles. The van der Waals surface area contributed by atoms with Gasteiger partial charge < -0.3 is 5.73 Å². The van der Waals surface area contributed by atoms with Crippen LogP contribution in [0, 0.1) is 5.82 Å². The van der Waals surface area contributed by atoms with Gasteiger partial charge >= 0.3 is 0 Å².